The molecule has 33 heavy (non-hydrogen) atoms. The van der Waals surface area contributed by atoms with Gasteiger partial charge in [0.1, 0.15) is 23.6 Å². The minimum Gasteiger partial charge on any atom is -0.346 e. The van der Waals surface area contributed by atoms with Gasteiger partial charge in [0.05, 0.1) is 17.9 Å². The molecule has 0 aliphatic carbocycles. The van der Waals surface area contributed by atoms with Crippen molar-refractivity contribution >= 4 is 11.0 Å². The Balaban J connectivity index is 1.03. The second-order valence-corrected chi connectivity index (χ2v) is 9.02. The number of aromatic amines is 1. The molecule has 5 heterocycles. The van der Waals surface area contributed by atoms with Gasteiger partial charge >= 0.3 is 0 Å². The Labute approximate surface area is 190 Å². The summed E-state index contributed by atoms with van der Waals surface area (Å²) in [6, 6.07) is 6.76. The molecule has 0 saturated carbocycles. The molecule has 2 saturated heterocycles. The smallest absolute Gasteiger partial charge is 0.141 e. The lowest BCUT2D eigenvalue weighted by molar-refractivity contribution is 0.0190. The molecule has 0 radical (unpaired) electrons. The molecule has 2 aliphatic heterocycles. The van der Waals surface area contributed by atoms with Crippen LogP contribution in [-0.4, -0.2) is 66.8 Å². The SMILES string of the molecule is Fc1ccc(CN2CCC(N3CC(n4cc(-c5ncnc6[nH]ccc56)cn4)C3)CC2)c(F)c1. The largest absolute Gasteiger partial charge is 0.346 e. The molecule has 1 aromatic carbocycles. The highest BCUT2D eigenvalue weighted by Crippen LogP contribution is 2.30. The van der Waals surface area contributed by atoms with Gasteiger partial charge in [0.25, 0.3) is 0 Å². The van der Waals surface area contributed by atoms with Crippen LogP contribution in [0.25, 0.3) is 22.3 Å². The molecule has 2 fully saturated rings. The van der Waals surface area contributed by atoms with Gasteiger partial charge in [-0.1, -0.05) is 6.07 Å². The number of benzene rings is 1. The highest BCUT2D eigenvalue weighted by molar-refractivity contribution is 5.89. The fourth-order valence-electron chi connectivity index (χ4n) is 5.05. The van der Waals surface area contributed by atoms with Crippen molar-refractivity contribution in [3.05, 3.63) is 66.4 Å². The Morgan fingerprint density at radius 1 is 1.03 bits per heavy atom. The van der Waals surface area contributed by atoms with Crippen LogP contribution in [0.1, 0.15) is 24.4 Å². The number of fused-ring (bicyclic) bond motifs is 1. The van der Waals surface area contributed by atoms with E-state index in [4.69, 9.17) is 0 Å². The first-order valence-electron chi connectivity index (χ1n) is 11.4. The average molecular weight is 450 g/mol. The van der Waals surface area contributed by atoms with Crippen LogP contribution in [-0.2, 0) is 6.54 Å². The van der Waals surface area contributed by atoms with Crippen LogP contribution in [0.2, 0.25) is 0 Å². The summed E-state index contributed by atoms with van der Waals surface area (Å²) in [4.78, 5) is 16.6. The number of aromatic nitrogens is 5. The van der Waals surface area contributed by atoms with E-state index in [2.05, 4.69) is 40.7 Å². The van der Waals surface area contributed by atoms with Crippen molar-refractivity contribution in [2.24, 2.45) is 0 Å². The molecule has 7 nitrogen and oxygen atoms in total. The minimum atomic E-state index is -0.526. The first kappa shape index (κ1) is 20.4. The molecule has 4 aromatic rings. The number of nitrogens with one attached hydrogen (secondary N) is 1. The van der Waals surface area contributed by atoms with E-state index in [-0.39, 0.29) is 0 Å². The van der Waals surface area contributed by atoms with E-state index >= 15 is 0 Å². The summed E-state index contributed by atoms with van der Waals surface area (Å²) in [5.74, 6) is -0.984. The van der Waals surface area contributed by atoms with Gasteiger partial charge in [-0.2, -0.15) is 5.10 Å². The van der Waals surface area contributed by atoms with E-state index < -0.39 is 11.6 Å². The number of hydrogen-bond acceptors (Lipinski definition) is 5. The van der Waals surface area contributed by atoms with E-state index in [0.717, 1.165) is 67.4 Å². The summed E-state index contributed by atoms with van der Waals surface area (Å²) >= 11 is 0. The van der Waals surface area contributed by atoms with Gasteiger partial charge in [0.15, 0.2) is 0 Å². The highest BCUT2D eigenvalue weighted by Gasteiger charge is 2.35. The number of halogens is 2. The second kappa shape index (κ2) is 8.31. The highest BCUT2D eigenvalue weighted by atomic mass is 19.1. The Morgan fingerprint density at radius 2 is 1.88 bits per heavy atom. The molecule has 0 unspecified atom stereocenters. The molecule has 9 heteroatoms. The first-order chi connectivity index (χ1) is 16.1. The summed E-state index contributed by atoms with van der Waals surface area (Å²) < 4.78 is 29.1. The Morgan fingerprint density at radius 3 is 2.70 bits per heavy atom. The Kier molecular flexibility index (Phi) is 5.15. The lowest BCUT2D eigenvalue weighted by Crippen LogP contribution is -2.55. The maximum absolute atomic E-state index is 14.0. The standard InChI is InChI=1S/C24H25F2N7/c25-18-2-1-16(22(26)9-18)11-31-7-4-19(5-8-31)32-13-20(14-32)33-12-17(10-30-33)23-21-3-6-27-24(21)29-15-28-23/h1-3,6,9-10,12,15,19-20H,4-5,7-8,11,13-14H2,(H,27,28,29). The summed E-state index contributed by atoms with van der Waals surface area (Å²) in [6.07, 6.45) is 9.53. The first-order valence-corrected chi connectivity index (χ1v) is 11.4. The molecule has 0 atom stereocenters. The van der Waals surface area contributed by atoms with E-state index in [1.54, 1.807) is 12.4 Å². The van der Waals surface area contributed by atoms with E-state index in [0.29, 0.717) is 24.2 Å². The predicted molar refractivity (Wildman–Crippen MR) is 120 cm³/mol. The summed E-state index contributed by atoms with van der Waals surface area (Å²) in [7, 11) is 0. The molecule has 2 aliphatic rings. The quantitative estimate of drug-likeness (QED) is 0.504. The van der Waals surface area contributed by atoms with E-state index in [1.807, 2.05) is 18.5 Å². The van der Waals surface area contributed by atoms with Crippen molar-refractivity contribution in [3.8, 4) is 11.3 Å². The zero-order valence-electron chi connectivity index (χ0n) is 18.2. The van der Waals surface area contributed by atoms with Crippen LogP contribution in [0.4, 0.5) is 8.78 Å². The maximum atomic E-state index is 14.0. The Bertz CT molecular complexity index is 1270. The van der Waals surface area contributed by atoms with Crippen LogP contribution in [0, 0.1) is 11.6 Å². The van der Waals surface area contributed by atoms with E-state index in [1.165, 1.54) is 6.07 Å². The Hall–Kier alpha value is -3.17. The molecular formula is C24H25F2N7. The number of nitrogens with zero attached hydrogens (tertiary/aromatic N) is 6. The third kappa shape index (κ3) is 3.91. The van der Waals surface area contributed by atoms with Gasteiger partial charge in [-0.05, 0) is 38.1 Å². The zero-order chi connectivity index (χ0) is 22.4. The van der Waals surface area contributed by atoms with Crippen LogP contribution in [0.3, 0.4) is 0 Å². The van der Waals surface area contributed by atoms with Gasteiger partial charge in [-0.25, -0.2) is 18.7 Å². The number of H-pyrrole nitrogens is 1. The predicted octanol–water partition coefficient (Wildman–Crippen LogP) is 3.62. The van der Waals surface area contributed by atoms with Crippen molar-refractivity contribution in [1.29, 1.82) is 0 Å². The molecule has 170 valence electrons. The molecular weight excluding hydrogens is 424 g/mol. The van der Waals surface area contributed by atoms with Crippen molar-refractivity contribution in [3.63, 3.8) is 0 Å². The molecule has 6 rings (SSSR count). The molecule has 0 bridgehead atoms. The van der Waals surface area contributed by atoms with Crippen LogP contribution in [0.5, 0.6) is 0 Å². The third-order valence-electron chi connectivity index (χ3n) is 6.98. The molecule has 3 aromatic heterocycles. The number of likely N-dealkylation sites (tertiary alicyclic amines) is 2. The van der Waals surface area contributed by atoms with Crippen LogP contribution in [0.15, 0.2) is 49.2 Å². The summed E-state index contributed by atoms with van der Waals surface area (Å²) in [5, 5.41) is 5.61. The van der Waals surface area contributed by atoms with Crippen molar-refractivity contribution in [2.75, 3.05) is 26.2 Å². The van der Waals surface area contributed by atoms with Gasteiger partial charge in [0, 0.05) is 60.6 Å². The lowest BCUT2D eigenvalue weighted by atomic mass is 9.97. The third-order valence-corrected chi connectivity index (χ3v) is 6.98. The lowest BCUT2D eigenvalue weighted by Gasteiger charge is -2.47. The van der Waals surface area contributed by atoms with Crippen molar-refractivity contribution < 1.29 is 8.78 Å². The molecule has 0 amide bonds. The zero-order valence-corrected chi connectivity index (χ0v) is 18.2. The fourth-order valence-corrected chi connectivity index (χ4v) is 5.05. The maximum Gasteiger partial charge on any atom is 0.141 e. The number of piperidine rings is 1. The molecule has 1 N–H and O–H groups in total. The van der Waals surface area contributed by atoms with E-state index in [9.17, 15) is 8.78 Å². The number of hydrogen-bond donors (Lipinski definition) is 1. The fraction of sp³-hybridized carbons (Fsp3) is 0.375. The van der Waals surface area contributed by atoms with Crippen LogP contribution >= 0.6 is 0 Å². The van der Waals surface area contributed by atoms with Gasteiger partial charge in [0.2, 0.25) is 0 Å². The number of rotatable bonds is 5. The second-order valence-electron chi connectivity index (χ2n) is 9.02. The minimum absolute atomic E-state index is 0.369. The van der Waals surface area contributed by atoms with Gasteiger partial charge in [-0.15, -0.1) is 0 Å². The molecule has 0 spiro atoms. The normalized spacial score (nSPS) is 18.7. The monoisotopic (exact) mass is 449 g/mol. The van der Waals surface area contributed by atoms with Gasteiger partial charge < -0.3 is 4.98 Å². The average Bonchev–Trinajstić information content (AvgIpc) is 3.45. The topological polar surface area (TPSA) is 65.9 Å². The van der Waals surface area contributed by atoms with Crippen LogP contribution < -0.4 is 0 Å². The van der Waals surface area contributed by atoms with Crippen molar-refractivity contribution in [2.45, 2.75) is 31.5 Å². The summed E-state index contributed by atoms with van der Waals surface area (Å²) in [6.45, 7) is 4.36. The van der Waals surface area contributed by atoms with Crippen molar-refractivity contribution in [1.82, 2.24) is 34.5 Å². The van der Waals surface area contributed by atoms with Gasteiger partial charge in [-0.3, -0.25) is 14.5 Å². The summed E-state index contributed by atoms with van der Waals surface area (Å²) in [5.41, 5.74) is 3.29.